The Morgan fingerprint density at radius 1 is 1.00 bits per heavy atom. The number of piperidine rings is 1. The second-order valence-electron chi connectivity index (χ2n) is 8.53. The summed E-state index contributed by atoms with van der Waals surface area (Å²) in [7, 11) is 2.16. The zero-order valence-electron chi connectivity index (χ0n) is 19.9. The fraction of sp³-hybridized carbons (Fsp3) is 0.500. The van der Waals surface area contributed by atoms with Gasteiger partial charge in [-0.2, -0.15) is 0 Å². The van der Waals surface area contributed by atoms with Gasteiger partial charge in [-0.05, 0) is 50.0 Å². The van der Waals surface area contributed by atoms with Crippen molar-refractivity contribution >= 4 is 29.9 Å². The molecule has 0 saturated carbocycles. The highest BCUT2D eigenvalue weighted by Gasteiger charge is 2.20. The molecule has 2 aromatic carbocycles. The highest BCUT2D eigenvalue weighted by atomic mass is 127. The Labute approximate surface area is 211 Å². The second kappa shape index (κ2) is 14.5. The molecule has 176 valence electrons. The van der Waals surface area contributed by atoms with Crippen LogP contribution in [0.3, 0.4) is 0 Å². The summed E-state index contributed by atoms with van der Waals surface area (Å²) >= 11 is 0. The Kier molecular flexibility index (Phi) is 12.1. The van der Waals surface area contributed by atoms with Gasteiger partial charge in [-0.3, -0.25) is 4.90 Å². The average molecular weight is 550 g/mol. The maximum absolute atomic E-state index is 4.87. The first-order valence-corrected chi connectivity index (χ1v) is 11.7. The molecule has 0 amide bonds. The molecule has 0 aliphatic carbocycles. The number of hydrogen-bond donors (Lipinski definition) is 2. The summed E-state index contributed by atoms with van der Waals surface area (Å²) in [5.74, 6) is 0.931. The molecule has 0 atom stereocenters. The van der Waals surface area contributed by atoms with Gasteiger partial charge in [-0.1, -0.05) is 61.5 Å². The SMILES string of the molecule is CCNC(=NCc1cccc(CN(C)CC)c1)NC1CCN(Cc2ccccc2)CC1.I. The van der Waals surface area contributed by atoms with Gasteiger partial charge in [-0.15, -0.1) is 24.0 Å². The molecule has 6 heteroatoms. The predicted octanol–water partition coefficient (Wildman–Crippen LogP) is 4.48. The van der Waals surface area contributed by atoms with Gasteiger partial charge in [0.25, 0.3) is 0 Å². The molecule has 1 aliphatic heterocycles. The lowest BCUT2D eigenvalue weighted by Gasteiger charge is -2.33. The molecule has 0 bridgehead atoms. The zero-order valence-corrected chi connectivity index (χ0v) is 22.2. The topological polar surface area (TPSA) is 42.9 Å². The van der Waals surface area contributed by atoms with Crippen molar-refractivity contribution in [3.63, 3.8) is 0 Å². The molecule has 1 heterocycles. The largest absolute Gasteiger partial charge is 0.357 e. The van der Waals surface area contributed by atoms with Gasteiger partial charge in [-0.25, -0.2) is 4.99 Å². The predicted molar refractivity (Wildman–Crippen MR) is 147 cm³/mol. The molecule has 1 fully saturated rings. The number of likely N-dealkylation sites (tertiary alicyclic amines) is 1. The molecule has 0 spiro atoms. The van der Waals surface area contributed by atoms with Crippen LogP contribution in [0.2, 0.25) is 0 Å². The van der Waals surface area contributed by atoms with E-state index < -0.39 is 0 Å². The van der Waals surface area contributed by atoms with Crippen LogP contribution in [-0.4, -0.2) is 55.0 Å². The van der Waals surface area contributed by atoms with Crippen LogP contribution in [0.1, 0.15) is 43.4 Å². The van der Waals surface area contributed by atoms with E-state index in [2.05, 4.69) is 95.9 Å². The fourth-order valence-corrected chi connectivity index (χ4v) is 4.01. The lowest BCUT2D eigenvalue weighted by Crippen LogP contribution is -2.48. The Morgan fingerprint density at radius 3 is 2.38 bits per heavy atom. The van der Waals surface area contributed by atoms with Gasteiger partial charge in [0.1, 0.15) is 0 Å². The third kappa shape index (κ3) is 9.08. The Hall–Kier alpha value is -1.64. The van der Waals surface area contributed by atoms with Crippen molar-refractivity contribution in [3.8, 4) is 0 Å². The van der Waals surface area contributed by atoms with Crippen molar-refractivity contribution < 1.29 is 0 Å². The van der Waals surface area contributed by atoms with E-state index in [-0.39, 0.29) is 24.0 Å². The summed E-state index contributed by atoms with van der Waals surface area (Å²) in [4.78, 5) is 9.74. The van der Waals surface area contributed by atoms with Gasteiger partial charge >= 0.3 is 0 Å². The molecular weight excluding hydrogens is 509 g/mol. The first-order chi connectivity index (χ1) is 15.2. The van der Waals surface area contributed by atoms with Crippen molar-refractivity contribution in [3.05, 3.63) is 71.3 Å². The van der Waals surface area contributed by atoms with E-state index in [1.165, 1.54) is 16.7 Å². The number of nitrogens with zero attached hydrogens (tertiary/aromatic N) is 3. The minimum Gasteiger partial charge on any atom is -0.357 e. The third-order valence-electron chi connectivity index (χ3n) is 5.93. The van der Waals surface area contributed by atoms with E-state index in [4.69, 9.17) is 4.99 Å². The van der Waals surface area contributed by atoms with Gasteiger partial charge in [0.15, 0.2) is 5.96 Å². The standard InChI is InChI=1S/C26H39N5.HI/c1-4-27-26(28-19-23-12-9-13-24(18-23)20-30(3)5-2)29-25-14-16-31(17-15-25)21-22-10-7-6-8-11-22;/h6-13,18,25H,4-5,14-17,19-21H2,1-3H3,(H2,27,28,29);1H. The molecule has 3 rings (SSSR count). The lowest BCUT2D eigenvalue weighted by atomic mass is 10.0. The Balaban J connectivity index is 0.00000363. The minimum atomic E-state index is 0. The summed E-state index contributed by atoms with van der Waals surface area (Å²) in [5, 5.41) is 7.10. The number of halogens is 1. The van der Waals surface area contributed by atoms with Crippen molar-refractivity contribution in [2.24, 2.45) is 4.99 Å². The highest BCUT2D eigenvalue weighted by molar-refractivity contribution is 14.0. The van der Waals surface area contributed by atoms with Gasteiger partial charge < -0.3 is 15.5 Å². The van der Waals surface area contributed by atoms with Gasteiger partial charge in [0, 0.05) is 38.8 Å². The van der Waals surface area contributed by atoms with E-state index in [1.807, 2.05) is 0 Å². The highest BCUT2D eigenvalue weighted by Crippen LogP contribution is 2.14. The van der Waals surface area contributed by atoms with Crippen LogP contribution >= 0.6 is 24.0 Å². The molecule has 0 aromatic heterocycles. The second-order valence-corrected chi connectivity index (χ2v) is 8.53. The molecule has 0 unspecified atom stereocenters. The summed E-state index contributed by atoms with van der Waals surface area (Å²) in [6.45, 7) is 11.2. The summed E-state index contributed by atoms with van der Waals surface area (Å²) in [5.41, 5.74) is 4.01. The van der Waals surface area contributed by atoms with E-state index in [0.29, 0.717) is 12.6 Å². The molecule has 2 N–H and O–H groups in total. The number of nitrogens with one attached hydrogen (secondary N) is 2. The minimum absolute atomic E-state index is 0. The van der Waals surface area contributed by atoms with Crippen LogP contribution in [0.5, 0.6) is 0 Å². The van der Waals surface area contributed by atoms with E-state index in [0.717, 1.165) is 58.1 Å². The fourth-order valence-electron chi connectivity index (χ4n) is 4.01. The number of benzene rings is 2. The summed E-state index contributed by atoms with van der Waals surface area (Å²) < 4.78 is 0. The number of aliphatic imine (C=N–C) groups is 1. The average Bonchev–Trinajstić information content (AvgIpc) is 2.80. The van der Waals surface area contributed by atoms with Crippen molar-refractivity contribution in [1.29, 1.82) is 0 Å². The van der Waals surface area contributed by atoms with E-state index >= 15 is 0 Å². The maximum Gasteiger partial charge on any atom is 0.191 e. The molecule has 32 heavy (non-hydrogen) atoms. The quantitative estimate of drug-likeness (QED) is 0.275. The molecule has 1 saturated heterocycles. The van der Waals surface area contributed by atoms with Crippen LogP contribution in [0.4, 0.5) is 0 Å². The summed E-state index contributed by atoms with van der Waals surface area (Å²) in [6, 6.07) is 20.0. The van der Waals surface area contributed by atoms with Crippen LogP contribution in [0, 0.1) is 0 Å². The van der Waals surface area contributed by atoms with Crippen molar-refractivity contribution in [2.45, 2.75) is 52.4 Å². The Bertz CT molecular complexity index is 803. The van der Waals surface area contributed by atoms with Gasteiger partial charge in [0.05, 0.1) is 6.54 Å². The van der Waals surface area contributed by atoms with Crippen LogP contribution in [0.15, 0.2) is 59.6 Å². The van der Waals surface area contributed by atoms with Gasteiger partial charge in [0.2, 0.25) is 0 Å². The number of rotatable bonds is 9. The monoisotopic (exact) mass is 549 g/mol. The smallest absolute Gasteiger partial charge is 0.191 e. The lowest BCUT2D eigenvalue weighted by molar-refractivity contribution is 0.198. The molecule has 5 nitrogen and oxygen atoms in total. The maximum atomic E-state index is 4.87. The normalized spacial score (nSPS) is 15.4. The van der Waals surface area contributed by atoms with Crippen LogP contribution in [-0.2, 0) is 19.6 Å². The zero-order chi connectivity index (χ0) is 21.9. The molecule has 0 radical (unpaired) electrons. The van der Waals surface area contributed by atoms with Crippen molar-refractivity contribution in [2.75, 3.05) is 33.2 Å². The number of hydrogen-bond acceptors (Lipinski definition) is 3. The van der Waals surface area contributed by atoms with Crippen LogP contribution < -0.4 is 10.6 Å². The van der Waals surface area contributed by atoms with Crippen molar-refractivity contribution in [1.82, 2.24) is 20.4 Å². The van der Waals surface area contributed by atoms with Crippen LogP contribution in [0.25, 0.3) is 0 Å². The van der Waals surface area contributed by atoms with E-state index in [9.17, 15) is 0 Å². The third-order valence-corrected chi connectivity index (χ3v) is 5.93. The molecular formula is C26H40IN5. The molecule has 1 aliphatic rings. The first kappa shape index (κ1) is 26.6. The summed E-state index contributed by atoms with van der Waals surface area (Å²) in [6.07, 6.45) is 2.30. The first-order valence-electron chi connectivity index (χ1n) is 11.7. The number of guanidine groups is 1. The Morgan fingerprint density at radius 2 is 1.69 bits per heavy atom. The molecule has 2 aromatic rings. The van der Waals surface area contributed by atoms with E-state index in [1.54, 1.807) is 0 Å².